The van der Waals surface area contributed by atoms with Gasteiger partial charge in [0.2, 0.25) is 0 Å². The summed E-state index contributed by atoms with van der Waals surface area (Å²) in [7, 11) is 0. The van der Waals surface area contributed by atoms with Crippen LogP contribution in [0.1, 0.15) is 62.2 Å². The largest absolute Gasteiger partial charge is 0.462 e. The van der Waals surface area contributed by atoms with E-state index >= 15 is 0 Å². The number of ether oxygens (including phenoxy) is 1. The lowest BCUT2D eigenvalue weighted by Gasteiger charge is -2.50. The van der Waals surface area contributed by atoms with Gasteiger partial charge in [-0.25, -0.2) is 0 Å². The number of nitrogens with zero attached hydrogens (tertiary/aromatic N) is 1. The van der Waals surface area contributed by atoms with Crippen LogP contribution in [0.4, 0.5) is 0 Å². The van der Waals surface area contributed by atoms with Crippen molar-refractivity contribution in [3.63, 3.8) is 0 Å². The molecule has 1 aromatic rings. The molecule has 0 spiro atoms. The average Bonchev–Trinajstić information content (AvgIpc) is 3.06. The van der Waals surface area contributed by atoms with E-state index in [1.54, 1.807) is 0 Å². The standard InChI is InChI=1S/C27H35NO3/c1-18-7-6-12-27(2)16-24-21(15-23(18)27)22(26(30)31-24)17-28-13-10-20(11-14-28)25(29)19-8-4-3-5-9-19/h3-5,8-9,20-24H,1,6-7,10-17H2,2H3/t21-,22?,23?,24-,27-/m1/s1. The van der Waals surface area contributed by atoms with Crippen LogP contribution >= 0.6 is 0 Å². The molecule has 2 unspecified atom stereocenters. The number of hydrogen-bond acceptors (Lipinski definition) is 4. The third-order valence-electron chi connectivity index (χ3n) is 8.79. The number of likely N-dealkylation sites (tertiary alicyclic amines) is 1. The van der Waals surface area contributed by atoms with Crippen molar-refractivity contribution >= 4 is 11.8 Å². The number of carbonyl (C=O) groups excluding carboxylic acids is 2. The van der Waals surface area contributed by atoms with Crippen LogP contribution < -0.4 is 0 Å². The third kappa shape index (κ3) is 3.88. The number of hydrogen-bond donors (Lipinski definition) is 0. The number of allylic oxidation sites excluding steroid dienone is 1. The normalized spacial score (nSPS) is 36.5. The minimum Gasteiger partial charge on any atom is -0.462 e. The maximum Gasteiger partial charge on any atom is 0.310 e. The second kappa shape index (κ2) is 8.20. The van der Waals surface area contributed by atoms with Gasteiger partial charge < -0.3 is 9.64 Å². The van der Waals surface area contributed by atoms with Crippen molar-refractivity contribution in [2.45, 2.75) is 58.0 Å². The molecule has 2 saturated carbocycles. The molecule has 0 amide bonds. The minimum absolute atomic E-state index is 0.00495. The molecule has 0 N–H and O–H groups in total. The maximum absolute atomic E-state index is 12.8. The van der Waals surface area contributed by atoms with Gasteiger partial charge in [-0.2, -0.15) is 0 Å². The molecule has 1 aromatic carbocycles. The van der Waals surface area contributed by atoms with Gasteiger partial charge in [0.15, 0.2) is 5.78 Å². The lowest BCUT2D eigenvalue weighted by atomic mass is 9.55. The zero-order valence-corrected chi connectivity index (χ0v) is 18.7. The van der Waals surface area contributed by atoms with Gasteiger partial charge in [-0.05, 0) is 69.4 Å². The van der Waals surface area contributed by atoms with Gasteiger partial charge in [0.1, 0.15) is 6.10 Å². The highest BCUT2D eigenvalue weighted by Crippen LogP contribution is 2.57. The van der Waals surface area contributed by atoms with Crippen molar-refractivity contribution in [1.82, 2.24) is 4.90 Å². The Morgan fingerprint density at radius 3 is 2.71 bits per heavy atom. The number of ketones is 1. The number of Topliss-reactive ketones (excluding diaryl/α,β-unsaturated/α-hetero) is 1. The van der Waals surface area contributed by atoms with E-state index in [0.717, 1.165) is 57.3 Å². The Labute approximate surface area is 186 Å². The first-order chi connectivity index (χ1) is 14.9. The van der Waals surface area contributed by atoms with E-state index in [1.807, 2.05) is 30.3 Å². The zero-order valence-electron chi connectivity index (χ0n) is 18.7. The summed E-state index contributed by atoms with van der Waals surface area (Å²) >= 11 is 0. The topological polar surface area (TPSA) is 46.6 Å². The summed E-state index contributed by atoms with van der Waals surface area (Å²) in [5.41, 5.74) is 2.47. The Balaban J connectivity index is 1.21. The first-order valence-corrected chi connectivity index (χ1v) is 12.1. The van der Waals surface area contributed by atoms with Gasteiger partial charge in [0, 0.05) is 23.9 Å². The van der Waals surface area contributed by atoms with Crippen LogP contribution in [0, 0.1) is 29.1 Å². The average molecular weight is 422 g/mol. The smallest absolute Gasteiger partial charge is 0.310 e. The fourth-order valence-electron chi connectivity index (χ4n) is 6.96. The van der Waals surface area contributed by atoms with Crippen LogP contribution in [0.25, 0.3) is 0 Å². The zero-order chi connectivity index (χ0) is 21.6. The van der Waals surface area contributed by atoms with Gasteiger partial charge in [-0.15, -0.1) is 0 Å². The highest BCUT2D eigenvalue weighted by molar-refractivity contribution is 5.97. The molecule has 166 valence electrons. The Morgan fingerprint density at radius 1 is 1.23 bits per heavy atom. The lowest BCUT2D eigenvalue weighted by Crippen LogP contribution is -2.46. The van der Waals surface area contributed by atoms with Crippen molar-refractivity contribution in [1.29, 1.82) is 0 Å². The summed E-state index contributed by atoms with van der Waals surface area (Å²) in [6.45, 7) is 9.34. The Hall–Kier alpha value is -1.94. The monoisotopic (exact) mass is 421 g/mol. The van der Waals surface area contributed by atoms with E-state index < -0.39 is 0 Å². The molecule has 2 heterocycles. The van der Waals surface area contributed by atoms with Gasteiger partial charge in [0.25, 0.3) is 0 Å². The summed E-state index contributed by atoms with van der Waals surface area (Å²) in [5.74, 6) is 1.21. The Morgan fingerprint density at radius 2 is 1.97 bits per heavy atom. The number of fused-ring (bicyclic) bond motifs is 2. The molecule has 5 atom stereocenters. The molecule has 0 radical (unpaired) electrons. The minimum atomic E-state index is -0.0225. The molecular formula is C27H35NO3. The molecule has 4 nitrogen and oxygen atoms in total. The van der Waals surface area contributed by atoms with Gasteiger partial charge in [-0.1, -0.05) is 49.4 Å². The molecule has 5 rings (SSSR count). The number of esters is 1. The molecule has 2 aliphatic carbocycles. The van der Waals surface area contributed by atoms with E-state index in [9.17, 15) is 9.59 Å². The fourth-order valence-corrected chi connectivity index (χ4v) is 6.96. The van der Waals surface area contributed by atoms with Crippen molar-refractivity contribution in [3.8, 4) is 0 Å². The summed E-state index contributed by atoms with van der Waals surface area (Å²) in [6.07, 6.45) is 7.48. The Bertz CT molecular complexity index is 856. The number of benzene rings is 1. The fraction of sp³-hybridized carbons (Fsp3) is 0.630. The SMILES string of the molecule is C=C1CCC[C@]2(C)C[C@H]3OC(=O)C(CN4CCC(C(=O)c5ccccc5)CC4)[C@H]3CC12. The molecule has 2 saturated heterocycles. The van der Waals surface area contributed by atoms with Crippen molar-refractivity contribution < 1.29 is 14.3 Å². The molecular weight excluding hydrogens is 386 g/mol. The van der Waals surface area contributed by atoms with Crippen LogP contribution in [0.2, 0.25) is 0 Å². The van der Waals surface area contributed by atoms with Crippen LogP contribution in [0.3, 0.4) is 0 Å². The molecule has 4 heteroatoms. The molecule has 0 aromatic heterocycles. The van der Waals surface area contributed by atoms with Crippen LogP contribution in [-0.2, 0) is 9.53 Å². The molecule has 0 bridgehead atoms. The first-order valence-electron chi connectivity index (χ1n) is 12.1. The second-order valence-corrected chi connectivity index (χ2v) is 10.7. The van der Waals surface area contributed by atoms with Crippen LogP contribution in [-0.4, -0.2) is 42.4 Å². The first kappa shape index (κ1) is 20.9. The number of piperidine rings is 1. The van der Waals surface area contributed by atoms with Crippen LogP contribution in [0.15, 0.2) is 42.5 Å². The van der Waals surface area contributed by atoms with Crippen LogP contribution in [0.5, 0.6) is 0 Å². The van der Waals surface area contributed by atoms with E-state index in [2.05, 4.69) is 18.4 Å². The molecule has 4 fully saturated rings. The molecule has 2 aliphatic heterocycles. The highest BCUT2D eigenvalue weighted by atomic mass is 16.6. The van der Waals surface area contributed by atoms with E-state index in [-0.39, 0.29) is 35.1 Å². The highest BCUT2D eigenvalue weighted by Gasteiger charge is 2.55. The van der Waals surface area contributed by atoms with Crippen molar-refractivity contribution in [2.75, 3.05) is 19.6 Å². The molecule has 4 aliphatic rings. The van der Waals surface area contributed by atoms with E-state index in [0.29, 0.717) is 11.8 Å². The summed E-state index contributed by atoms with van der Waals surface area (Å²) < 4.78 is 5.94. The summed E-state index contributed by atoms with van der Waals surface area (Å²) in [6, 6.07) is 9.64. The summed E-state index contributed by atoms with van der Waals surface area (Å²) in [4.78, 5) is 28.0. The predicted molar refractivity (Wildman–Crippen MR) is 121 cm³/mol. The summed E-state index contributed by atoms with van der Waals surface area (Å²) in [5, 5.41) is 0. The number of carbonyl (C=O) groups is 2. The van der Waals surface area contributed by atoms with Crippen molar-refractivity contribution in [3.05, 3.63) is 48.0 Å². The number of rotatable bonds is 4. The predicted octanol–water partition coefficient (Wildman–Crippen LogP) is 4.90. The Kier molecular flexibility index (Phi) is 5.54. The van der Waals surface area contributed by atoms with Gasteiger partial charge >= 0.3 is 5.97 Å². The second-order valence-electron chi connectivity index (χ2n) is 10.7. The van der Waals surface area contributed by atoms with E-state index in [1.165, 1.54) is 18.4 Å². The van der Waals surface area contributed by atoms with Gasteiger partial charge in [0.05, 0.1) is 5.92 Å². The van der Waals surface area contributed by atoms with Crippen molar-refractivity contribution in [2.24, 2.45) is 29.1 Å². The van der Waals surface area contributed by atoms with Gasteiger partial charge in [-0.3, -0.25) is 9.59 Å². The van der Waals surface area contributed by atoms with E-state index in [4.69, 9.17) is 4.74 Å². The maximum atomic E-state index is 12.8. The third-order valence-corrected chi connectivity index (χ3v) is 8.79. The lowest BCUT2D eigenvalue weighted by molar-refractivity contribution is -0.146. The molecule has 31 heavy (non-hydrogen) atoms. The quantitative estimate of drug-likeness (QED) is 0.394.